The van der Waals surface area contributed by atoms with E-state index in [4.69, 9.17) is 0 Å². The number of fused-ring (bicyclic) bond motifs is 2. The summed E-state index contributed by atoms with van der Waals surface area (Å²) in [6.07, 6.45) is 6.73. The van der Waals surface area contributed by atoms with Gasteiger partial charge >= 0.3 is 0 Å². The van der Waals surface area contributed by atoms with Crippen molar-refractivity contribution in [2.24, 2.45) is 0 Å². The zero-order chi connectivity index (χ0) is 13.2. The Labute approximate surface area is 121 Å². The Morgan fingerprint density at radius 2 is 1.84 bits per heavy atom. The van der Waals surface area contributed by atoms with Crippen LogP contribution in [0.25, 0.3) is 0 Å². The Hall–Kier alpha value is -0.380. The fourth-order valence-corrected chi connectivity index (χ4v) is 4.83. The first-order chi connectivity index (χ1) is 9.30. The van der Waals surface area contributed by atoms with Gasteiger partial charge in [-0.05, 0) is 50.8 Å². The van der Waals surface area contributed by atoms with E-state index in [-0.39, 0.29) is 0 Å². The van der Waals surface area contributed by atoms with Crippen LogP contribution in [-0.4, -0.2) is 29.6 Å². The molecule has 2 fully saturated rings. The highest BCUT2D eigenvalue weighted by Gasteiger charge is 2.40. The van der Waals surface area contributed by atoms with Crippen molar-refractivity contribution in [2.75, 3.05) is 6.54 Å². The van der Waals surface area contributed by atoms with Gasteiger partial charge < -0.3 is 5.32 Å². The second-order valence-corrected chi connectivity index (χ2v) is 7.26. The molecule has 2 bridgehead atoms. The van der Waals surface area contributed by atoms with Crippen LogP contribution >= 0.6 is 11.3 Å². The van der Waals surface area contributed by atoms with Crippen LogP contribution in [0.3, 0.4) is 0 Å². The zero-order valence-electron chi connectivity index (χ0n) is 12.2. The van der Waals surface area contributed by atoms with E-state index in [1.165, 1.54) is 43.5 Å². The quantitative estimate of drug-likeness (QED) is 0.888. The lowest BCUT2D eigenvalue weighted by molar-refractivity contribution is 0.111. The number of piperidine rings is 1. The van der Waals surface area contributed by atoms with Crippen molar-refractivity contribution in [3.05, 3.63) is 21.9 Å². The fourth-order valence-electron chi connectivity index (χ4n) is 3.86. The molecular formula is C16H26N2S. The first kappa shape index (κ1) is 13.6. The van der Waals surface area contributed by atoms with E-state index in [1.807, 2.05) is 11.3 Å². The molecule has 2 unspecified atom stereocenters. The molecule has 19 heavy (non-hydrogen) atoms. The van der Waals surface area contributed by atoms with Gasteiger partial charge in [-0.1, -0.05) is 13.8 Å². The van der Waals surface area contributed by atoms with Gasteiger partial charge in [0.1, 0.15) is 0 Å². The second-order valence-electron chi connectivity index (χ2n) is 6.00. The molecule has 2 atom stereocenters. The Bertz CT molecular complexity index is 401. The van der Waals surface area contributed by atoms with Crippen molar-refractivity contribution in [2.45, 2.75) is 70.6 Å². The highest BCUT2D eigenvalue weighted by Crippen LogP contribution is 2.37. The monoisotopic (exact) mass is 278 g/mol. The highest BCUT2D eigenvalue weighted by atomic mass is 32.1. The van der Waals surface area contributed by atoms with Crippen LogP contribution in [0, 0.1) is 0 Å². The molecule has 0 aromatic carbocycles. The van der Waals surface area contributed by atoms with Gasteiger partial charge in [0, 0.05) is 34.4 Å². The van der Waals surface area contributed by atoms with Crippen molar-refractivity contribution in [3.63, 3.8) is 0 Å². The fraction of sp³-hybridized carbons (Fsp3) is 0.750. The van der Waals surface area contributed by atoms with Crippen molar-refractivity contribution in [1.29, 1.82) is 0 Å². The van der Waals surface area contributed by atoms with E-state index in [9.17, 15) is 0 Å². The summed E-state index contributed by atoms with van der Waals surface area (Å²) in [5, 5.41) is 3.66. The maximum atomic E-state index is 3.66. The van der Waals surface area contributed by atoms with Gasteiger partial charge in [-0.25, -0.2) is 0 Å². The minimum atomic E-state index is 0.772. The molecule has 0 aliphatic carbocycles. The van der Waals surface area contributed by atoms with E-state index in [0.717, 1.165) is 24.7 Å². The van der Waals surface area contributed by atoms with Crippen molar-refractivity contribution in [3.8, 4) is 0 Å². The van der Waals surface area contributed by atoms with Crippen LogP contribution in [0.4, 0.5) is 0 Å². The normalized spacial score (nSPS) is 30.9. The number of thiophene rings is 1. The predicted molar refractivity (Wildman–Crippen MR) is 82.7 cm³/mol. The molecule has 0 amide bonds. The number of rotatable bonds is 5. The first-order valence-corrected chi connectivity index (χ1v) is 8.68. The summed E-state index contributed by atoms with van der Waals surface area (Å²) in [7, 11) is 0. The van der Waals surface area contributed by atoms with Crippen molar-refractivity contribution in [1.82, 2.24) is 10.2 Å². The van der Waals surface area contributed by atoms with E-state index in [1.54, 1.807) is 4.88 Å². The standard InChI is InChI=1S/C16H26N2S/c1-3-15-7-8-16(19-15)11-18-13-5-6-14(18)10-12(9-13)17-4-2/h7-8,12-14,17H,3-6,9-11H2,1-2H3. The Balaban J connectivity index is 1.63. The lowest BCUT2D eigenvalue weighted by Crippen LogP contribution is -2.48. The molecule has 2 aliphatic heterocycles. The topological polar surface area (TPSA) is 15.3 Å². The number of aryl methyl sites for hydroxylation is 1. The number of nitrogens with zero attached hydrogens (tertiary/aromatic N) is 1. The van der Waals surface area contributed by atoms with Crippen LogP contribution in [0.15, 0.2) is 12.1 Å². The van der Waals surface area contributed by atoms with Crippen LogP contribution < -0.4 is 5.32 Å². The molecule has 1 aromatic rings. The average molecular weight is 278 g/mol. The summed E-state index contributed by atoms with van der Waals surface area (Å²) >= 11 is 2.01. The second kappa shape index (κ2) is 5.94. The minimum Gasteiger partial charge on any atom is -0.314 e. The van der Waals surface area contributed by atoms with Crippen molar-refractivity contribution >= 4 is 11.3 Å². The third kappa shape index (κ3) is 2.88. The largest absolute Gasteiger partial charge is 0.314 e. The van der Waals surface area contributed by atoms with Crippen LogP contribution in [0.5, 0.6) is 0 Å². The van der Waals surface area contributed by atoms with Crippen LogP contribution in [0.1, 0.15) is 49.3 Å². The first-order valence-electron chi connectivity index (χ1n) is 7.86. The lowest BCUT2D eigenvalue weighted by Gasteiger charge is -2.39. The number of nitrogens with one attached hydrogen (secondary N) is 1. The van der Waals surface area contributed by atoms with Gasteiger partial charge in [0.15, 0.2) is 0 Å². The zero-order valence-corrected chi connectivity index (χ0v) is 13.0. The molecule has 106 valence electrons. The van der Waals surface area contributed by atoms with Gasteiger partial charge in [-0.2, -0.15) is 0 Å². The summed E-state index contributed by atoms with van der Waals surface area (Å²) in [4.78, 5) is 5.89. The summed E-state index contributed by atoms with van der Waals surface area (Å²) in [5.74, 6) is 0. The summed E-state index contributed by atoms with van der Waals surface area (Å²) < 4.78 is 0. The lowest BCUT2D eigenvalue weighted by atomic mass is 9.97. The molecular weight excluding hydrogens is 252 g/mol. The molecule has 3 rings (SSSR count). The van der Waals surface area contributed by atoms with Gasteiger partial charge in [-0.3, -0.25) is 4.90 Å². The maximum absolute atomic E-state index is 3.66. The van der Waals surface area contributed by atoms with E-state index >= 15 is 0 Å². The van der Waals surface area contributed by atoms with Crippen LogP contribution in [0.2, 0.25) is 0 Å². The molecule has 2 saturated heterocycles. The van der Waals surface area contributed by atoms with E-state index in [0.29, 0.717) is 0 Å². The molecule has 2 nitrogen and oxygen atoms in total. The summed E-state index contributed by atoms with van der Waals surface area (Å²) in [6, 6.07) is 7.09. The SMILES string of the molecule is CCNC1CC2CCC(C1)N2Cc1ccc(CC)s1. The third-order valence-electron chi connectivity index (χ3n) is 4.78. The van der Waals surface area contributed by atoms with Crippen LogP contribution in [-0.2, 0) is 13.0 Å². The van der Waals surface area contributed by atoms with Gasteiger partial charge in [0.2, 0.25) is 0 Å². The smallest absolute Gasteiger partial charge is 0.0333 e. The van der Waals surface area contributed by atoms with E-state index < -0.39 is 0 Å². The predicted octanol–water partition coefficient (Wildman–Crippen LogP) is 3.42. The summed E-state index contributed by atoms with van der Waals surface area (Å²) in [6.45, 7) is 6.79. The summed E-state index contributed by atoms with van der Waals surface area (Å²) in [5.41, 5.74) is 0. The number of hydrogen-bond acceptors (Lipinski definition) is 3. The van der Waals surface area contributed by atoms with Crippen molar-refractivity contribution < 1.29 is 0 Å². The minimum absolute atomic E-state index is 0.772. The molecule has 1 N–H and O–H groups in total. The molecule has 0 spiro atoms. The molecule has 2 aliphatic rings. The van der Waals surface area contributed by atoms with Gasteiger partial charge in [-0.15, -0.1) is 11.3 Å². The molecule has 0 radical (unpaired) electrons. The van der Waals surface area contributed by atoms with Gasteiger partial charge in [0.25, 0.3) is 0 Å². The van der Waals surface area contributed by atoms with Gasteiger partial charge in [0.05, 0.1) is 0 Å². The van der Waals surface area contributed by atoms with E-state index in [2.05, 4.69) is 36.2 Å². The Morgan fingerprint density at radius 3 is 2.42 bits per heavy atom. The Kier molecular flexibility index (Phi) is 4.25. The molecule has 3 heteroatoms. The molecule has 0 saturated carbocycles. The third-order valence-corrected chi connectivity index (χ3v) is 6.00. The highest BCUT2D eigenvalue weighted by molar-refractivity contribution is 7.11. The molecule has 3 heterocycles. The Morgan fingerprint density at radius 1 is 1.16 bits per heavy atom. The number of hydrogen-bond donors (Lipinski definition) is 1. The molecule has 1 aromatic heterocycles. The average Bonchev–Trinajstić information content (AvgIpc) is 2.94. The maximum Gasteiger partial charge on any atom is 0.0333 e.